The summed E-state index contributed by atoms with van der Waals surface area (Å²) < 4.78 is 0. The lowest BCUT2D eigenvalue weighted by Gasteiger charge is -2.20. The zero-order valence-electron chi connectivity index (χ0n) is 11.5. The molecule has 0 heterocycles. The van der Waals surface area contributed by atoms with Gasteiger partial charge in [0.05, 0.1) is 6.10 Å². The lowest BCUT2D eigenvalue weighted by Crippen LogP contribution is -2.25. The molecule has 0 spiro atoms. The molecule has 1 aromatic rings. The molecule has 2 atom stereocenters. The molecule has 0 radical (unpaired) electrons. The summed E-state index contributed by atoms with van der Waals surface area (Å²) in [7, 11) is 0. The van der Waals surface area contributed by atoms with E-state index >= 15 is 0 Å². The SMILES string of the molecule is C#CC(O)(CC)CCc1cccc(CC(O)CN)c1. The molecular weight excluding hydrogens is 238 g/mol. The van der Waals surface area contributed by atoms with Crippen molar-refractivity contribution >= 4 is 0 Å². The van der Waals surface area contributed by atoms with E-state index in [0.717, 1.165) is 17.5 Å². The quantitative estimate of drug-likeness (QED) is 0.647. The zero-order chi connectivity index (χ0) is 14.3. The Morgan fingerprint density at radius 3 is 2.68 bits per heavy atom. The molecule has 0 bridgehead atoms. The molecule has 4 N–H and O–H groups in total. The van der Waals surface area contributed by atoms with E-state index in [0.29, 0.717) is 19.3 Å². The molecule has 0 amide bonds. The molecule has 0 aliphatic heterocycles. The minimum atomic E-state index is -1.02. The fourth-order valence-electron chi connectivity index (χ4n) is 1.97. The molecular formula is C16H23NO2. The largest absolute Gasteiger partial charge is 0.391 e. The van der Waals surface area contributed by atoms with Crippen LogP contribution >= 0.6 is 0 Å². The molecule has 0 saturated carbocycles. The van der Waals surface area contributed by atoms with Crippen LogP contribution in [0.4, 0.5) is 0 Å². The molecule has 3 heteroatoms. The summed E-state index contributed by atoms with van der Waals surface area (Å²) in [5.41, 5.74) is 6.55. The summed E-state index contributed by atoms with van der Waals surface area (Å²) >= 11 is 0. The Hall–Kier alpha value is -1.34. The number of aliphatic hydroxyl groups is 2. The van der Waals surface area contributed by atoms with E-state index in [-0.39, 0.29) is 6.54 Å². The predicted molar refractivity (Wildman–Crippen MR) is 77.6 cm³/mol. The van der Waals surface area contributed by atoms with Crippen molar-refractivity contribution in [2.75, 3.05) is 6.54 Å². The van der Waals surface area contributed by atoms with Gasteiger partial charge in [-0.15, -0.1) is 6.42 Å². The first-order valence-electron chi connectivity index (χ1n) is 6.69. The molecule has 0 fully saturated rings. The average Bonchev–Trinajstić information content (AvgIpc) is 2.45. The van der Waals surface area contributed by atoms with Crippen LogP contribution in [0.15, 0.2) is 24.3 Å². The normalized spacial score (nSPS) is 15.5. The maximum Gasteiger partial charge on any atom is 0.125 e. The van der Waals surface area contributed by atoms with Gasteiger partial charge in [-0.1, -0.05) is 37.1 Å². The second kappa shape index (κ2) is 7.30. The Morgan fingerprint density at radius 2 is 2.11 bits per heavy atom. The van der Waals surface area contributed by atoms with E-state index in [1.807, 2.05) is 31.2 Å². The molecule has 104 valence electrons. The van der Waals surface area contributed by atoms with Crippen LogP contribution in [0.2, 0.25) is 0 Å². The number of hydrogen-bond acceptors (Lipinski definition) is 3. The van der Waals surface area contributed by atoms with Crippen molar-refractivity contribution in [2.45, 2.75) is 44.3 Å². The molecule has 1 aromatic carbocycles. The van der Waals surface area contributed by atoms with Crippen LogP contribution < -0.4 is 5.73 Å². The highest BCUT2D eigenvalue weighted by Gasteiger charge is 2.20. The number of benzene rings is 1. The minimum absolute atomic E-state index is 0.261. The van der Waals surface area contributed by atoms with Crippen molar-refractivity contribution in [3.05, 3.63) is 35.4 Å². The van der Waals surface area contributed by atoms with Gasteiger partial charge in [-0.3, -0.25) is 0 Å². The number of aliphatic hydroxyl groups excluding tert-OH is 1. The summed E-state index contributed by atoms with van der Waals surface area (Å²) in [6.07, 6.45) is 7.21. The van der Waals surface area contributed by atoms with Gasteiger partial charge in [0.25, 0.3) is 0 Å². The van der Waals surface area contributed by atoms with Crippen LogP contribution in [0.25, 0.3) is 0 Å². The summed E-state index contributed by atoms with van der Waals surface area (Å²) in [6, 6.07) is 7.96. The third-order valence-corrected chi connectivity index (χ3v) is 3.42. The fraction of sp³-hybridized carbons (Fsp3) is 0.500. The van der Waals surface area contributed by atoms with E-state index in [4.69, 9.17) is 12.2 Å². The third kappa shape index (κ3) is 5.04. The second-order valence-electron chi connectivity index (χ2n) is 4.94. The van der Waals surface area contributed by atoms with Crippen LogP contribution in [-0.4, -0.2) is 28.5 Å². The van der Waals surface area contributed by atoms with E-state index in [2.05, 4.69) is 5.92 Å². The standard InChI is InChI=1S/C16H23NO2/c1-3-16(19,4-2)9-8-13-6-5-7-14(10-13)11-15(18)12-17/h1,5-7,10,15,18-19H,4,8-9,11-12,17H2,2H3. The van der Waals surface area contributed by atoms with Crippen molar-refractivity contribution in [2.24, 2.45) is 5.73 Å². The second-order valence-corrected chi connectivity index (χ2v) is 4.94. The van der Waals surface area contributed by atoms with Gasteiger partial charge in [-0.2, -0.15) is 0 Å². The van der Waals surface area contributed by atoms with Crippen molar-refractivity contribution < 1.29 is 10.2 Å². The van der Waals surface area contributed by atoms with Crippen molar-refractivity contribution in [1.29, 1.82) is 0 Å². The van der Waals surface area contributed by atoms with E-state index < -0.39 is 11.7 Å². The Balaban J connectivity index is 2.65. The first-order chi connectivity index (χ1) is 9.03. The smallest absolute Gasteiger partial charge is 0.125 e. The number of hydrogen-bond donors (Lipinski definition) is 3. The topological polar surface area (TPSA) is 66.5 Å². The number of nitrogens with two attached hydrogens (primary N) is 1. The molecule has 0 aliphatic carbocycles. The van der Waals surface area contributed by atoms with E-state index in [1.165, 1.54) is 0 Å². The van der Waals surface area contributed by atoms with Gasteiger partial charge in [-0.05, 0) is 36.8 Å². The van der Waals surface area contributed by atoms with Crippen LogP contribution in [0.1, 0.15) is 30.9 Å². The van der Waals surface area contributed by atoms with Gasteiger partial charge in [0.1, 0.15) is 5.60 Å². The average molecular weight is 261 g/mol. The summed E-state index contributed by atoms with van der Waals surface area (Å²) in [4.78, 5) is 0. The van der Waals surface area contributed by atoms with Gasteiger partial charge < -0.3 is 15.9 Å². The van der Waals surface area contributed by atoms with Gasteiger partial charge in [-0.25, -0.2) is 0 Å². The van der Waals surface area contributed by atoms with Crippen LogP contribution in [0, 0.1) is 12.3 Å². The molecule has 19 heavy (non-hydrogen) atoms. The van der Waals surface area contributed by atoms with Crippen molar-refractivity contribution in [3.63, 3.8) is 0 Å². The van der Waals surface area contributed by atoms with E-state index in [1.54, 1.807) is 0 Å². The first-order valence-corrected chi connectivity index (χ1v) is 6.69. The molecule has 0 aliphatic rings. The van der Waals surface area contributed by atoms with Gasteiger partial charge >= 0.3 is 0 Å². The molecule has 1 rings (SSSR count). The Labute approximate surface area is 115 Å². The Bertz CT molecular complexity index is 439. The Kier molecular flexibility index (Phi) is 6.04. The highest BCUT2D eigenvalue weighted by molar-refractivity contribution is 5.25. The van der Waals surface area contributed by atoms with Crippen molar-refractivity contribution in [3.8, 4) is 12.3 Å². The lowest BCUT2D eigenvalue weighted by molar-refractivity contribution is 0.0881. The highest BCUT2D eigenvalue weighted by atomic mass is 16.3. The molecule has 2 unspecified atom stereocenters. The highest BCUT2D eigenvalue weighted by Crippen LogP contribution is 2.18. The van der Waals surface area contributed by atoms with Gasteiger partial charge in [0.2, 0.25) is 0 Å². The maximum atomic E-state index is 10.1. The predicted octanol–water partition coefficient (Wildman–Crippen LogP) is 1.26. The van der Waals surface area contributed by atoms with Crippen LogP contribution in [0.3, 0.4) is 0 Å². The third-order valence-electron chi connectivity index (χ3n) is 3.42. The first kappa shape index (κ1) is 15.7. The van der Waals surface area contributed by atoms with Crippen molar-refractivity contribution in [1.82, 2.24) is 0 Å². The number of terminal acetylenes is 1. The minimum Gasteiger partial charge on any atom is -0.391 e. The van der Waals surface area contributed by atoms with Crippen LogP contribution in [-0.2, 0) is 12.8 Å². The molecule has 0 saturated heterocycles. The number of aryl methyl sites for hydroxylation is 1. The van der Waals surface area contributed by atoms with Gasteiger partial charge in [0, 0.05) is 6.54 Å². The maximum absolute atomic E-state index is 10.1. The summed E-state index contributed by atoms with van der Waals surface area (Å²) in [5.74, 6) is 2.45. The fourth-order valence-corrected chi connectivity index (χ4v) is 1.97. The lowest BCUT2D eigenvalue weighted by atomic mass is 9.92. The van der Waals surface area contributed by atoms with Crippen LogP contribution in [0.5, 0.6) is 0 Å². The Morgan fingerprint density at radius 1 is 1.42 bits per heavy atom. The summed E-state index contributed by atoms with van der Waals surface area (Å²) in [5, 5.41) is 19.6. The molecule has 0 aromatic heterocycles. The van der Waals surface area contributed by atoms with E-state index in [9.17, 15) is 10.2 Å². The molecule has 3 nitrogen and oxygen atoms in total. The summed E-state index contributed by atoms with van der Waals surface area (Å²) in [6.45, 7) is 2.14. The zero-order valence-corrected chi connectivity index (χ0v) is 11.5. The number of rotatable bonds is 7. The van der Waals surface area contributed by atoms with Gasteiger partial charge in [0.15, 0.2) is 0 Å². The monoisotopic (exact) mass is 261 g/mol.